The second kappa shape index (κ2) is 8.23. The largest absolute Gasteiger partial charge is 0.457 e. The number of hydrogen-bond donors (Lipinski definition) is 2. The number of benzene rings is 2. The minimum Gasteiger partial charge on any atom is -0.457 e. The number of hydroxylamine groups is 2. The highest BCUT2D eigenvalue weighted by atomic mass is 32.2. The smallest absolute Gasteiger partial charge is 0.279 e. The first-order valence-electron chi connectivity index (χ1n) is 8.36. The van der Waals surface area contributed by atoms with Gasteiger partial charge in [-0.1, -0.05) is 5.23 Å². The molecule has 1 heterocycles. The van der Waals surface area contributed by atoms with Crippen LogP contribution in [0.25, 0.3) is 0 Å². The third-order valence-electron chi connectivity index (χ3n) is 4.41. The van der Waals surface area contributed by atoms with E-state index in [9.17, 15) is 17.6 Å². The zero-order chi connectivity index (χ0) is 20.3. The molecule has 0 aromatic heterocycles. The van der Waals surface area contributed by atoms with E-state index >= 15 is 0 Å². The lowest BCUT2D eigenvalue weighted by molar-refractivity contribution is -0.289. The van der Waals surface area contributed by atoms with Gasteiger partial charge in [0.25, 0.3) is 5.91 Å². The molecule has 10 heteroatoms. The molecule has 2 N–H and O–H groups in total. The number of sulfone groups is 1. The third-order valence-corrected chi connectivity index (χ3v) is 6.70. The summed E-state index contributed by atoms with van der Waals surface area (Å²) in [5.74, 6) is -2.05. The number of rotatable bonds is 5. The first kappa shape index (κ1) is 20.2. The Morgan fingerprint density at radius 2 is 1.64 bits per heavy atom. The molecule has 1 aliphatic rings. The Kier molecular flexibility index (Phi) is 5.94. The Hall–Kier alpha value is -2.53. The van der Waals surface area contributed by atoms with E-state index in [1.807, 2.05) is 0 Å². The molecule has 1 amide bonds. The minimum absolute atomic E-state index is 0.0360. The molecular formula is C18H18FNO7S. The van der Waals surface area contributed by atoms with Crippen LogP contribution in [0.5, 0.6) is 11.5 Å². The van der Waals surface area contributed by atoms with Crippen LogP contribution in [0, 0.1) is 11.7 Å². The second-order valence-electron chi connectivity index (χ2n) is 6.21. The van der Waals surface area contributed by atoms with E-state index in [-0.39, 0.29) is 24.5 Å². The van der Waals surface area contributed by atoms with E-state index in [1.165, 1.54) is 48.5 Å². The first-order valence-corrected chi connectivity index (χ1v) is 9.90. The Balaban J connectivity index is 1.80. The van der Waals surface area contributed by atoms with Crippen LogP contribution < -0.4 is 4.74 Å². The molecule has 0 bridgehead atoms. The first-order chi connectivity index (χ1) is 13.3. The lowest BCUT2D eigenvalue weighted by Gasteiger charge is -2.30. The zero-order valence-electron chi connectivity index (χ0n) is 14.6. The summed E-state index contributed by atoms with van der Waals surface area (Å²) in [7, 11) is -3.94. The van der Waals surface area contributed by atoms with Crippen LogP contribution in [0.4, 0.5) is 4.39 Å². The van der Waals surface area contributed by atoms with Gasteiger partial charge in [0.15, 0.2) is 9.84 Å². The summed E-state index contributed by atoms with van der Waals surface area (Å²) in [5.41, 5.74) is 0. The SMILES string of the molecule is O=C(C1COCCC1S(=O)(=O)c1ccc(Oc2ccc(F)cc2)cc1)N(O)O. The highest BCUT2D eigenvalue weighted by molar-refractivity contribution is 7.92. The van der Waals surface area contributed by atoms with Gasteiger partial charge in [-0.25, -0.2) is 12.8 Å². The summed E-state index contributed by atoms with van der Waals surface area (Å²) in [6.07, 6.45) is 0.0421. The summed E-state index contributed by atoms with van der Waals surface area (Å²) in [6.45, 7) is -0.0948. The summed E-state index contributed by atoms with van der Waals surface area (Å²) >= 11 is 0. The lowest BCUT2D eigenvalue weighted by Crippen LogP contribution is -2.46. The van der Waals surface area contributed by atoms with Gasteiger partial charge < -0.3 is 9.47 Å². The Labute approximate surface area is 160 Å². The van der Waals surface area contributed by atoms with Crippen LogP contribution in [-0.2, 0) is 19.4 Å². The summed E-state index contributed by atoms with van der Waals surface area (Å²) in [4.78, 5) is 11.9. The number of ether oxygens (including phenoxy) is 2. The fraction of sp³-hybridized carbons (Fsp3) is 0.278. The van der Waals surface area contributed by atoms with Crippen molar-refractivity contribution < 1.29 is 37.5 Å². The fourth-order valence-electron chi connectivity index (χ4n) is 2.98. The van der Waals surface area contributed by atoms with Gasteiger partial charge in [-0.05, 0) is 55.0 Å². The van der Waals surface area contributed by atoms with E-state index < -0.39 is 38.0 Å². The van der Waals surface area contributed by atoms with Gasteiger partial charge in [0, 0.05) is 6.61 Å². The van der Waals surface area contributed by atoms with Crippen molar-refractivity contribution in [2.75, 3.05) is 13.2 Å². The summed E-state index contributed by atoms with van der Waals surface area (Å²) < 4.78 is 49.5. The molecule has 3 rings (SSSR count). The molecule has 2 atom stereocenters. The van der Waals surface area contributed by atoms with Crippen LogP contribution >= 0.6 is 0 Å². The van der Waals surface area contributed by atoms with Crippen LogP contribution in [0.2, 0.25) is 0 Å². The van der Waals surface area contributed by atoms with Gasteiger partial charge in [-0.2, -0.15) is 0 Å². The van der Waals surface area contributed by atoms with Crippen molar-refractivity contribution in [3.05, 3.63) is 54.3 Å². The Morgan fingerprint density at radius 3 is 2.21 bits per heavy atom. The molecule has 150 valence electrons. The molecule has 1 aliphatic heterocycles. The van der Waals surface area contributed by atoms with Crippen molar-refractivity contribution in [1.82, 2.24) is 5.23 Å². The topological polar surface area (TPSA) is 113 Å². The summed E-state index contributed by atoms with van der Waals surface area (Å²) in [5, 5.41) is 16.2. The molecule has 1 saturated heterocycles. The van der Waals surface area contributed by atoms with Crippen LogP contribution in [0.15, 0.2) is 53.4 Å². The molecular weight excluding hydrogens is 393 g/mol. The summed E-state index contributed by atoms with van der Waals surface area (Å²) in [6, 6.07) is 10.9. The quantitative estimate of drug-likeness (QED) is 0.574. The van der Waals surface area contributed by atoms with E-state index in [0.717, 1.165) is 0 Å². The predicted octanol–water partition coefficient (Wildman–Crippen LogP) is 2.40. The molecule has 0 radical (unpaired) electrons. The zero-order valence-corrected chi connectivity index (χ0v) is 15.4. The molecule has 0 aliphatic carbocycles. The average Bonchev–Trinajstić information content (AvgIpc) is 2.69. The molecule has 2 aromatic carbocycles. The van der Waals surface area contributed by atoms with Gasteiger partial charge in [-0.3, -0.25) is 15.2 Å². The predicted molar refractivity (Wildman–Crippen MR) is 93.2 cm³/mol. The maximum atomic E-state index is 13.0. The van der Waals surface area contributed by atoms with Gasteiger partial charge in [0.05, 0.1) is 22.7 Å². The molecule has 1 fully saturated rings. The molecule has 0 saturated carbocycles. The van der Waals surface area contributed by atoms with Crippen molar-refractivity contribution in [3.63, 3.8) is 0 Å². The van der Waals surface area contributed by atoms with E-state index in [2.05, 4.69) is 0 Å². The van der Waals surface area contributed by atoms with Gasteiger partial charge in [0.1, 0.15) is 17.3 Å². The number of nitrogens with zero attached hydrogens (tertiary/aromatic N) is 1. The van der Waals surface area contributed by atoms with Crippen molar-refractivity contribution in [2.24, 2.45) is 5.92 Å². The molecule has 2 aromatic rings. The Bertz CT molecular complexity index is 929. The highest BCUT2D eigenvalue weighted by Gasteiger charge is 2.42. The fourth-order valence-corrected chi connectivity index (χ4v) is 4.88. The molecule has 8 nitrogen and oxygen atoms in total. The van der Waals surface area contributed by atoms with Crippen molar-refractivity contribution >= 4 is 15.7 Å². The highest BCUT2D eigenvalue weighted by Crippen LogP contribution is 2.30. The van der Waals surface area contributed by atoms with Gasteiger partial charge >= 0.3 is 0 Å². The molecule has 0 spiro atoms. The van der Waals surface area contributed by atoms with E-state index in [0.29, 0.717) is 11.5 Å². The van der Waals surface area contributed by atoms with Gasteiger partial charge in [0.2, 0.25) is 0 Å². The standard InChI is InChI=1S/C18H18FNO7S/c19-12-1-3-13(4-2-12)27-14-5-7-15(8-6-14)28(24,25)17-9-10-26-11-16(17)18(21)20(22)23/h1-8,16-17,22-23H,9-11H2. The number of amides is 1. The van der Waals surface area contributed by atoms with E-state index in [4.69, 9.17) is 19.9 Å². The Morgan fingerprint density at radius 1 is 1.07 bits per heavy atom. The second-order valence-corrected chi connectivity index (χ2v) is 8.38. The van der Waals surface area contributed by atoms with Crippen LogP contribution in [0.3, 0.4) is 0 Å². The normalized spacial score (nSPS) is 19.8. The number of carbonyl (C=O) groups is 1. The van der Waals surface area contributed by atoms with Gasteiger partial charge in [-0.15, -0.1) is 0 Å². The maximum absolute atomic E-state index is 13.0. The van der Waals surface area contributed by atoms with Crippen LogP contribution in [0.1, 0.15) is 6.42 Å². The number of halogens is 1. The maximum Gasteiger partial charge on any atom is 0.279 e. The monoisotopic (exact) mass is 411 g/mol. The van der Waals surface area contributed by atoms with Crippen molar-refractivity contribution in [1.29, 1.82) is 0 Å². The van der Waals surface area contributed by atoms with E-state index in [1.54, 1.807) is 0 Å². The average molecular weight is 411 g/mol. The number of hydrogen-bond acceptors (Lipinski definition) is 7. The molecule has 2 unspecified atom stereocenters. The molecule has 28 heavy (non-hydrogen) atoms. The minimum atomic E-state index is -3.94. The van der Waals surface area contributed by atoms with Crippen molar-refractivity contribution in [3.8, 4) is 11.5 Å². The lowest BCUT2D eigenvalue weighted by atomic mass is 10.0. The third kappa shape index (κ3) is 4.30. The number of carbonyl (C=O) groups excluding carboxylic acids is 1. The van der Waals surface area contributed by atoms with Crippen LogP contribution in [-0.4, -0.2) is 48.4 Å². The van der Waals surface area contributed by atoms with Crippen molar-refractivity contribution in [2.45, 2.75) is 16.6 Å².